The molecule has 2 N–H and O–H groups in total. The number of rotatable bonds is 9. The van der Waals surface area contributed by atoms with Gasteiger partial charge in [-0.05, 0) is 35.4 Å². The highest BCUT2D eigenvalue weighted by molar-refractivity contribution is 5.96. The summed E-state index contributed by atoms with van der Waals surface area (Å²) in [6.45, 7) is 1.90. The van der Waals surface area contributed by atoms with Gasteiger partial charge in [0.1, 0.15) is 30.9 Å². The summed E-state index contributed by atoms with van der Waals surface area (Å²) >= 11 is 0. The molecule has 9 heteroatoms. The topological polar surface area (TPSA) is 92.2 Å². The highest BCUT2D eigenvalue weighted by atomic mass is 16.6. The van der Waals surface area contributed by atoms with Gasteiger partial charge >= 0.3 is 0 Å². The van der Waals surface area contributed by atoms with E-state index in [4.69, 9.17) is 23.7 Å². The maximum Gasteiger partial charge on any atom is 0.222 e. The molecule has 3 heterocycles. The normalized spacial score (nSPS) is 16.4. The molecule has 2 aliphatic heterocycles. The van der Waals surface area contributed by atoms with Gasteiger partial charge in [-0.2, -0.15) is 0 Å². The van der Waals surface area contributed by atoms with Crippen LogP contribution in [0.1, 0.15) is 18.4 Å². The van der Waals surface area contributed by atoms with Crippen LogP contribution in [0.4, 0.5) is 0 Å². The number of nitrogens with zero attached hydrogens (tertiary/aromatic N) is 1. The van der Waals surface area contributed by atoms with Crippen molar-refractivity contribution < 1.29 is 28.5 Å². The molecule has 6 rings (SSSR count). The van der Waals surface area contributed by atoms with Gasteiger partial charge in [-0.3, -0.25) is 10.1 Å². The number of hydrogen-bond donors (Lipinski definition) is 2. The first-order chi connectivity index (χ1) is 19.1. The van der Waals surface area contributed by atoms with Crippen LogP contribution in [0.25, 0.3) is 27.7 Å². The molecule has 1 saturated heterocycles. The van der Waals surface area contributed by atoms with E-state index in [0.29, 0.717) is 50.8 Å². The first-order valence-electron chi connectivity index (χ1n) is 13.0. The lowest BCUT2D eigenvalue weighted by atomic mass is 10.0. The SMILES string of the molecule is COc1cc(-n2ccc3c(-c4ccc5c(c4)OCCO5)cccc32)cc(OC)c1CNCO[C@H]1CCC(=O)N1. The zero-order valence-corrected chi connectivity index (χ0v) is 22.0. The second-order valence-electron chi connectivity index (χ2n) is 9.44. The van der Waals surface area contributed by atoms with Crippen molar-refractivity contribution >= 4 is 16.8 Å². The maximum atomic E-state index is 11.4. The average Bonchev–Trinajstić information content (AvgIpc) is 3.60. The predicted molar refractivity (Wildman–Crippen MR) is 147 cm³/mol. The van der Waals surface area contributed by atoms with Crippen molar-refractivity contribution in [1.29, 1.82) is 0 Å². The molecule has 39 heavy (non-hydrogen) atoms. The monoisotopic (exact) mass is 529 g/mol. The summed E-state index contributed by atoms with van der Waals surface area (Å²) in [5, 5.41) is 7.18. The number of carbonyl (C=O) groups excluding carboxylic acids is 1. The van der Waals surface area contributed by atoms with Crippen molar-refractivity contribution in [3.63, 3.8) is 0 Å². The van der Waals surface area contributed by atoms with Crippen LogP contribution in [-0.4, -0.2) is 50.9 Å². The molecule has 0 unspecified atom stereocenters. The minimum atomic E-state index is -0.245. The number of ether oxygens (including phenoxy) is 5. The van der Waals surface area contributed by atoms with Crippen LogP contribution in [-0.2, 0) is 16.1 Å². The molecule has 202 valence electrons. The lowest BCUT2D eigenvalue weighted by Gasteiger charge is -2.19. The zero-order valence-electron chi connectivity index (χ0n) is 22.0. The minimum absolute atomic E-state index is 0.0230. The highest BCUT2D eigenvalue weighted by Crippen LogP contribution is 2.39. The van der Waals surface area contributed by atoms with E-state index in [1.54, 1.807) is 14.2 Å². The fourth-order valence-corrected chi connectivity index (χ4v) is 5.19. The van der Waals surface area contributed by atoms with Crippen LogP contribution in [0.3, 0.4) is 0 Å². The summed E-state index contributed by atoms with van der Waals surface area (Å²) in [4.78, 5) is 11.4. The smallest absolute Gasteiger partial charge is 0.222 e. The molecular formula is C30H31N3O6. The lowest BCUT2D eigenvalue weighted by molar-refractivity contribution is -0.120. The molecule has 1 fully saturated rings. The van der Waals surface area contributed by atoms with Crippen molar-refractivity contribution in [3.05, 3.63) is 66.4 Å². The maximum absolute atomic E-state index is 11.4. The third-order valence-corrected chi connectivity index (χ3v) is 7.10. The molecule has 1 atom stereocenters. The summed E-state index contributed by atoms with van der Waals surface area (Å²) in [6.07, 6.45) is 3.00. The molecule has 1 aromatic heterocycles. The quantitative estimate of drug-likeness (QED) is 0.246. The summed E-state index contributed by atoms with van der Waals surface area (Å²) in [5.74, 6) is 2.98. The number of carbonyl (C=O) groups is 1. The van der Waals surface area contributed by atoms with Gasteiger partial charge in [0.15, 0.2) is 11.5 Å². The molecule has 4 aromatic rings. The Morgan fingerprint density at radius 1 is 1.00 bits per heavy atom. The standard InChI is InChI=1S/C30H31N3O6/c1-35-26-15-20(16-27(36-2)23(26)17-31-18-39-30-9-8-29(34)32-30)33-11-10-22-21(4-3-5-24(22)33)19-6-7-25-28(14-19)38-13-12-37-25/h3-7,10-11,14-16,30-31H,8-9,12-13,17-18H2,1-2H3,(H,32,34)/t30-/m0/s1. The average molecular weight is 530 g/mol. The number of methoxy groups -OCH3 is 2. The second kappa shape index (κ2) is 10.9. The molecule has 0 radical (unpaired) electrons. The molecule has 3 aromatic carbocycles. The largest absolute Gasteiger partial charge is 0.496 e. The van der Waals surface area contributed by atoms with E-state index in [0.717, 1.165) is 44.8 Å². The van der Waals surface area contributed by atoms with Gasteiger partial charge < -0.3 is 33.6 Å². The second-order valence-corrected chi connectivity index (χ2v) is 9.44. The van der Waals surface area contributed by atoms with E-state index >= 15 is 0 Å². The third kappa shape index (κ3) is 4.98. The van der Waals surface area contributed by atoms with E-state index < -0.39 is 0 Å². The zero-order chi connectivity index (χ0) is 26.8. The first kappa shape index (κ1) is 25.1. The summed E-state index contributed by atoms with van der Waals surface area (Å²) in [6, 6.07) is 18.5. The molecule has 1 amide bonds. The van der Waals surface area contributed by atoms with Crippen LogP contribution in [0, 0.1) is 0 Å². The van der Waals surface area contributed by atoms with Gasteiger partial charge in [-0.1, -0.05) is 18.2 Å². The number of fused-ring (bicyclic) bond motifs is 2. The Hall–Kier alpha value is -4.21. The number of nitrogens with one attached hydrogen (secondary N) is 2. The molecule has 0 bridgehead atoms. The lowest BCUT2D eigenvalue weighted by Crippen LogP contribution is -2.31. The Bertz CT molecular complexity index is 1490. The van der Waals surface area contributed by atoms with Crippen molar-refractivity contribution in [2.24, 2.45) is 0 Å². The van der Waals surface area contributed by atoms with Crippen molar-refractivity contribution in [1.82, 2.24) is 15.2 Å². The Kier molecular flexibility index (Phi) is 7.00. The Morgan fingerprint density at radius 2 is 1.79 bits per heavy atom. The van der Waals surface area contributed by atoms with Gasteiger partial charge in [0, 0.05) is 43.1 Å². The summed E-state index contributed by atoms with van der Waals surface area (Å²) in [5.41, 5.74) is 5.05. The van der Waals surface area contributed by atoms with Gasteiger partial charge in [-0.25, -0.2) is 0 Å². The summed E-state index contributed by atoms with van der Waals surface area (Å²) < 4.78 is 30.9. The van der Waals surface area contributed by atoms with Crippen molar-refractivity contribution in [3.8, 4) is 39.8 Å². The summed E-state index contributed by atoms with van der Waals surface area (Å²) in [7, 11) is 3.31. The van der Waals surface area contributed by atoms with Gasteiger partial charge in [0.2, 0.25) is 5.91 Å². The van der Waals surface area contributed by atoms with Crippen molar-refractivity contribution in [2.45, 2.75) is 25.6 Å². The minimum Gasteiger partial charge on any atom is -0.496 e. The molecule has 0 spiro atoms. The van der Waals surface area contributed by atoms with E-state index in [-0.39, 0.29) is 12.1 Å². The molecule has 0 aliphatic carbocycles. The molecule has 2 aliphatic rings. The number of aromatic nitrogens is 1. The van der Waals surface area contributed by atoms with Gasteiger partial charge in [0.05, 0.1) is 37.7 Å². The number of amides is 1. The Labute approximate surface area is 226 Å². The van der Waals surface area contributed by atoms with Crippen LogP contribution >= 0.6 is 0 Å². The van der Waals surface area contributed by atoms with E-state index in [2.05, 4.69) is 51.7 Å². The van der Waals surface area contributed by atoms with Crippen LogP contribution in [0.15, 0.2) is 60.8 Å². The molecule has 9 nitrogen and oxygen atoms in total. The van der Waals surface area contributed by atoms with E-state index in [9.17, 15) is 4.79 Å². The van der Waals surface area contributed by atoms with E-state index in [1.807, 2.05) is 24.3 Å². The predicted octanol–water partition coefficient (Wildman–Crippen LogP) is 4.39. The fourth-order valence-electron chi connectivity index (χ4n) is 5.19. The Balaban J connectivity index is 1.27. The third-order valence-electron chi connectivity index (χ3n) is 7.10. The van der Waals surface area contributed by atoms with E-state index in [1.165, 1.54) is 0 Å². The van der Waals surface area contributed by atoms with Gasteiger partial charge in [-0.15, -0.1) is 0 Å². The van der Waals surface area contributed by atoms with Crippen LogP contribution in [0.5, 0.6) is 23.0 Å². The molecule has 0 saturated carbocycles. The number of hydrogen-bond acceptors (Lipinski definition) is 7. The van der Waals surface area contributed by atoms with Crippen LogP contribution in [0.2, 0.25) is 0 Å². The van der Waals surface area contributed by atoms with Crippen LogP contribution < -0.4 is 29.6 Å². The number of benzene rings is 3. The van der Waals surface area contributed by atoms with Crippen molar-refractivity contribution in [2.75, 3.05) is 34.2 Å². The molecular weight excluding hydrogens is 498 g/mol. The Morgan fingerprint density at radius 3 is 2.54 bits per heavy atom. The van der Waals surface area contributed by atoms with Gasteiger partial charge in [0.25, 0.3) is 0 Å². The first-order valence-corrected chi connectivity index (χ1v) is 13.0. The highest BCUT2D eigenvalue weighted by Gasteiger charge is 2.21. The fraction of sp³-hybridized carbons (Fsp3) is 0.300.